The van der Waals surface area contributed by atoms with Gasteiger partial charge in [0.05, 0.1) is 18.0 Å². The highest BCUT2D eigenvalue weighted by Crippen LogP contribution is 2.33. The summed E-state index contributed by atoms with van der Waals surface area (Å²) in [5.41, 5.74) is 12.4. The lowest BCUT2D eigenvalue weighted by atomic mass is 9.96. The summed E-state index contributed by atoms with van der Waals surface area (Å²) in [5.74, 6) is -0.567. The van der Waals surface area contributed by atoms with Crippen LogP contribution < -0.4 is 21.1 Å². The van der Waals surface area contributed by atoms with E-state index in [-0.39, 0.29) is 17.6 Å². The average molecular weight is 295 g/mol. The fraction of sp³-hybridized carbons (Fsp3) is 0.533. The summed E-state index contributed by atoms with van der Waals surface area (Å²) in [5, 5.41) is 0. The number of nitrogens with two attached hydrogens (primary N) is 2. The number of benzene rings is 1. The third-order valence-electron chi connectivity index (χ3n) is 3.78. The Morgan fingerprint density at radius 2 is 2.10 bits per heavy atom. The van der Waals surface area contributed by atoms with Crippen molar-refractivity contribution in [2.45, 2.75) is 26.2 Å². The molecule has 1 saturated heterocycles. The van der Waals surface area contributed by atoms with Crippen LogP contribution in [-0.4, -0.2) is 25.6 Å². The molecule has 1 aliphatic rings. The van der Waals surface area contributed by atoms with Gasteiger partial charge in [-0.3, -0.25) is 4.79 Å². The van der Waals surface area contributed by atoms with Crippen molar-refractivity contribution < 1.29 is 13.9 Å². The van der Waals surface area contributed by atoms with E-state index < -0.39 is 5.82 Å². The molecule has 1 aromatic carbocycles. The molecule has 0 saturated carbocycles. The average Bonchev–Trinajstić information content (AvgIpc) is 2.46. The SMILES string of the molecule is CCCOc1cc(N2CCC(C(N)=O)CC2)c(N)cc1F. The van der Waals surface area contributed by atoms with E-state index in [9.17, 15) is 9.18 Å². The molecule has 0 spiro atoms. The molecule has 116 valence electrons. The van der Waals surface area contributed by atoms with Crippen molar-refractivity contribution in [1.82, 2.24) is 0 Å². The van der Waals surface area contributed by atoms with Crippen molar-refractivity contribution in [1.29, 1.82) is 0 Å². The molecule has 21 heavy (non-hydrogen) atoms. The Kier molecular flexibility index (Phi) is 4.88. The molecule has 4 N–H and O–H groups in total. The molecule has 1 aromatic rings. The highest BCUT2D eigenvalue weighted by Gasteiger charge is 2.25. The minimum absolute atomic E-state index is 0.0845. The second-order valence-corrected chi connectivity index (χ2v) is 5.35. The molecule has 1 heterocycles. The number of hydrogen-bond acceptors (Lipinski definition) is 4. The van der Waals surface area contributed by atoms with Crippen LogP contribution in [0, 0.1) is 11.7 Å². The van der Waals surface area contributed by atoms with Crippen molar-refractivity contribution >= 4 is 17.3 Å². The number of ether oxygens (including phenoxy) is 1. The molecular weight excluding hydrogens is 273 g/mol. The summed E-state index contributed by atoms with van der Waals surface area (Å²) in [7, 11) is 0. The Morgan fingerprint density at radius 1 is 1.43 bits per heavy atom. The van der Waals surface area contributed by atoms with Crippen LogP contribution in [0.5, 0.6) is 5.75 Å². The van der Waals surface area contributed by atoms with Crippen LogP contribution in [0.15, 0.2) is 12.1 Å². The van der Waals surface area contributed by atoms with Gasteiger partial charge >= 0.3 is 0 Å². The van der Waals surface area contributed by atoms with Crippen LogP contribution in [0.4, 0.5) is 15.8 Å². The maximum absolute atomic E-state index is 13.8. The summed E-state index contributed by atoms with van der Waals surface area (Å²) < 4.78 is 19.2. The molecular formula is C15H22FN3O2. The van der Waals surface area contributed by atoms with Crippen molar-refractivity contribution in [3.8, 4) is 5.75 Å². The number of primary amides is 1. The van der Waals surface area contributed by atoms with E-state index >= 15 is 0 Å². The number of nitrogen functional groups attached to an aromatic ring is 1. The van der Waals surface area contributed by atoms with Crippen molar-refractivity contribution in [2.75, 3.05) is 30.3 Å². The van der Waals surface area contributed by atoms with Crippen LogP contribution in [-0.2, 0) is 4.79 Å². The van der Waals surface area contributed by atoms with Gasteiger partial charge in [-0.2, -0.15) is 0 Å². The van der Waals surface area contributed by atoms with E-state index in [1.807, 2.05) is 11.8 Å². The molecule has 2 rings (SSSR count). The maximum Gasteiger partial charge on any atom is 0.220 e. The Balaban J connectivity index is 2.14. The molecule has 1 fully saturated rings. The normalized spacial score (nSPS) is 16.0. The van der Waals surface area contributed by atoms with Gasteiger partial charge in [0.15, 0.2) is 11.6 Å². The van der Waals surface area contributed by atoms with Gasteiger partial charge in [-0.15, -0.1) is 0 Å². The fourth-order valence-electron chi connectivity index (χ4n) is 2.56. The lowest BCUT2D eigenvalue weighted by Crippen LogP contribution is -2.38. The van der Waals surface area contributed by atoms with E-state index in [0.29, 0.717) is 38.2 Å². The molecule has 0 aliphatic carbocycles. The van der Waals surface area contributed by atoms with Gasteiger partial charge in [-0.1, -0.05) is 6.92 Å². The largest absolute Gasteiger partial charge is 0.490 e. The number of piperidine rings is 1. The number of rotatable bonds is 5. The van der Waals surface area contributed by atoms with Crippen LogP contribution in [0.2, 0.25) is 0 Å². The molecule has 0 radical (unpaired) electrons. The van der Waals surface area contributed by atoms with Gasteiger partial charge in [-0.05, 0) is 19.3 Å². The minimum Gasteiger partial charge on any atom is -0.490 e. The van der Waals surface area contributed by atoms with Gasteiger partial charge in [-0.25, -0.2) is 4.39 Å². The number of carbonyl (C=O) groups is 1. The summed E-state index contributed by atoms with van der Waals surface area (Å²) >= 11 is 0. The van der Waals surface area contributed by atoms with Gasteiger partial charge < -0.3 is 21.1 Å². The molecule has 6 heteroatoms. The topological polar surface area (TPSA) is 81.6 Å². The summed E-state index contributed by atoms with van der Waals surface area (Å²) in [6, 6.07) is 2.94. The molecule has 1 amide bonds. The third kappa shape index (κ3) is 3.56. The molecule has 5 nitrogen and oxygen atoms in total. The highest BCUT2D eigenvalue weighted by molar-refractivity contribution is 5.77. The lowest BCUT2D eigenvalue weighted by Gasteiger charge is -2.33. The molecule has 0 atom stereocenters. The maximum atomic E-state index is 13.8. The number of hydrogen-bond donors (Lipinski definition) is 2. The Bertz CT molecular complexity index is 514. The van der Waals surface area contributed by atoms with E-state index in [2.05, 4.69) is 0 Å². The second-order valence-electron chi connectivity index (χ2n) is 5.35. The molecule has 0 aromatic heterocycles. The molecule has 1 aliphatic heterocycles. The van der Waals surface area contributed by atoms with Crippen molar-refractivity contribution in [2.24, 2.45) is 11.7 Å². The van der Waals surface area contributed by atoms with Gasteiger partial charge in [0.2, 0.25) is 5.91 Å². The monoisotopic (exact) mass is 295 g/mol. The quantitative estimate of drug-likeness (QED) is 0.813. The smallest absolute Gasteiger partial charge is 0.220 e. The predicted octanol–water partition coefficient (Wildman–Crippen LogP) is 1.90. The van der Waals surface area contributed by atoms with Gasteiger partial charge in [0.25, 0.3) is 0 Å². The molecule has 0 bridgehead atoms. The predicted molar refractivity (Wildman–Crippen MR) is 80.7 cm³/mol. The standard InChI is InChI=1S/C15H22FN3O2/c1-2-7-21-14-9-13(12(17)8-11(14)16)19-5-3-10(4-6-19)15(18)20/h8-10H,2-7,17H2,1H3,(H2,18,20). The zero-order valence-corrected chi connectivity index (χ0v) is 12.3. The number of amides is 1. The van der Waals surface area contributed by atoms with E-state index in [1.54, 1.807) is 6.07 Å². The van der Waals surface area contributed by atoms with Gasteiger partial charge in [0, 0.05) is 31.1 Å². The van der Waals surface area contributed by atoms with Crippen LogP contribution in [0.25, 0.3) is 0 Å². The number of halogens is 1. The number of nitrogens with zero attached hydrogens (tertiary/aromatic N) is 1. The zero-order valence-electron chi connectivity index (χ0n) is 12.3. The first kappa shape index (κ1) is 15.4. The summed E-state index contributed by atoms with van der Waals surface area (Å²) in [6.45, 7) is 3.78. The fourth-order valence-corrected chi connectivity index (χ4v) is 2.56. The second kappa shape index (κ2) is 6.65. The number of carbonyl (C=O) groups excluding carboxylic acids is 1. The lowest BCUT2D eigenvalue weighted by molar-refractivity contribution is -0.122. The molecule has 0 unspecified atom stereocenters. The highest BCUT2D eigenvalue weighted by atomic mass is 19.1. The van der Waals surface area contributed by atoms with Crippen LogP contribution in [0.3, 0.4) is 0 Å². The van der Waals surface area contributed by atoms with E-state index in [1.165, 1.54) is 6.07 Å². The number of anilines is 2. The van der Waals surface area contributed by atoms with Gasteiger partial charge in [0.1, 0.15) is 0 Å². The first-order valence-corrected chi connectivity index (χ1v) is 7.29. The summed E-state index contributed by atoms with van der Waals surface area (Å²) in [4.78, 5) is 13.2. The minimum atomic E-state index is -0.447. The third-order valence-corrected chi connectivity index (χ3v) is 3.78. The van der Waals surface area contributed by atoms with Crippen molar-refractivity contribution in [3.05, 3.63) is 17.9 Å². The van der Waals surface area contributed by atoms with Crippen molar-refractivity contribution in [3.63, 3.8) is 0 Å². The first-order chi connectivity index (χ1) is 10.0. The zero-order chi connectivity index (χ0) is 15.4. The van der Waals surface area contributed by atoms with Crippen LogP contribution >= 0.6 is 0 Å². The Hall–Kier alpha value is -1.98. The van der Waals surface area contributed by atoms with E-state index in [4.69, 9.17) is 16.2 Å². The Morgan fingerprint density at radius 3 is 2.67 bits per heavy atom. The van der Waals surface area contributed by atoms with Crippen LogP contribution in [0.1, 0.15) is 26.2 Å². The van der Waals surface area contributed by atoms with E-state index in [0.717, 1.165) is 12.1 Å². The Labute approximate surface area is 124 Å². The first-order valence-electron chi connectivity index (χ1n) is 7.29. The summed E-state index contributed by atoms with van der Waals surface area (Å²) in [6.07, 6.45) is 2.19.